The number of carbonyl (C=O) groups is 1. The van der Waals surface area contributed by atoms with Crippen LogP contribution in [-0.4, -0.2) is 38.6 Å². The van der Waals surface area contributed by atoms with Gasteiger partial charge in [-0.15, -0.1) is 24.0 Å². The number of rotatable bonds is 7. The van der Waals surface area contributed by atoms with E-state index in [-0.39, 0.29) is 29.9 Å². The minimum Gasteiger partial charge on any atom is -0.497 e. The van der Waals surface area contributed by atoms with Crippen molar-refractivity contribution in [2.45, 2.75) is 19.3 Å². The fourth-order valence-electron chi connectivity index (χ4n) is 2.19. The SMILES string of the molecule is COc1cccc(C(=O)NCCNC(N)=NCC2CCC2)c1.I. The first-order chi connectivity index (χ1) is 10.7. The molecule has 0 aliphatic heterocycles. The van der Waals surface area contributed by atoms with Gasteiger partial charge in [0, 0.05) is 25.2 Å². The number of hydrogen-bond donors (Lipinski definition) is 3. The number of aliphatic imine (C=N–C) groups is 1. The Balaban J connectivity index is 0.00000264. The Kier molecular flexibility index (Phi) is 8.75. The predicted molar refractivity (Wildman–Crippen MR) is 103 cm³/mol. The summed E-state index contributed by atoms with van der Waals surface area (Å²) in [4.78, 5) is 16.3. The average molecular weight is 432 g/mol. The lowest BCUT2D eigenvalue weighted by atomic mass is 9.86. The molecule has 23 heavy (non-hydrogen) atoms. The van der Waals surface area contributed by atoms with Crippen LogP contribution in [0.25, 0.3) is 0 Å². The number of hydrogen-bond acceptors (Lipinski definition) is 3. The van der Waals surface area contributed by atoms with E-state index in [0.717, 1.165) is 6.54 Å². The van der Waals surface area contributed by atoms with Crippen LogP contribution >= 0.6 is 24.0 Å². The number of nitrogens with zero attached hydrogens (tertiary/aromatic N) is 1. The van der Waals surface area contributed by atoms with Gasteiger partial charge in [-0.2, -0.15) is 0 Å². The van der Waals surface area contributed by atoms with Crippen molar-refractivity contribution in [1.29, 1.82) is 0 Å². The zero-order valence-electron chi connectivity index (χ0n) is 13.4. The molecule has 1 aliphatic rings. The van der Waals surface area contributed by atoms with Crippen molar-refractivity contribution in [1.82, 2.24) is 10.6 Å². The third-order valence-corrected chi connectivity index (χ3v) is 3.79. The molecule has 0 bridgehead atoms. The molecular formula is C16H25IN4O2. The summed E-state index contributed by atoms with van der Waals surface area (Å²) >= 11 is 0. The lowest BCUT2D eigenvalue weighted by Gasteiger charge is -2.23. The van der Waals surface area contributed by atoms with Gasteiger partial charge in [0.25, 0.3) is 5.91 Å². The largest absolute Gasteiger partial charge is 0.497 e. The maximum Gasteiger partial charge on any atom is 0.251 e. The predicted octanol–water partition coefficient (Wildman–Crippen LogP) is 1.75. The fourth-order valence-corrected chi connectivity index (χ4v) is 2.19. The van der Waals surface area contributed by atoms with Gasteiger partial charge in [-0.25, -0.2) is 0 Å². The van der Waals surface area contributed by atoms with Gasteiger partial charge in [-0.1, -0.05) is 12.5 Å². The molecule has 6 nitrogen and oxygen atoms in total. The summed E-state index contributed by atoms with van der Waals surface area (Å²) in [5.41, 5.74) is 6.35. The molecule has 0 aromatic heterocycles. The fraction of sp³-hybridized carbons (Fsp3) is 0.500. The van der Waals surface area contributed by atoms with Crippen molar-refractivity contribution in [3.05, 3.63) is 29.8 Å². The Morgan fingerprint density at radius 1 is 1.35 bits per heavy atom. The average Bonchev–Trinajstić information content (AvgIpc) is 2.50. The van der Waals surface area contributed by atoms with E-state index in [1.165, 1.54) is 19.3 Å². The van der Waals surface area contributed by atoms with E-state index in [1.807, 2.05) is 0 Å². The van der Waals surface area contributed by atoms with Crippen LogP contribution < -0.4 is 21.1 Å². The molecule has 0 radical (unpaired) electrons. The first kappa shape index (κ1) is 19.5. The summed E-state index contributed by atoms with van der Waals surface area (Å²) in [6, 6.07) is 7.05. The number of halogens is 1. The molecule has 0 saturated heterocycles. The van der Waals surface area contributed by atoms with Crippen LogP contribution in [0.3, 0.4) is 0 Å². The van der Waals surface area contributed by atoms with E-state index >= 15 is 0 Å². The summed E-state index contributed by atoms with van der Waals surface area (Å²) in [6.45, 7) is 1.83. The number of methoxy groups -OCH3 is 1. The maximum atomic E-state index is 12.0. The zero-order chi connectivity index (χ0) is 15.8. The van der Waals surface area contributed by atoms with Crippen molar-refractivity contribution >= 4 is 35.8 Å². The standard InChI is InChI=1S/C16H24N4O2.HI/c1-22-14-7-3-6-13(10-14)15(21)18-8-9-19-16(17)20-11-12-4-2-5-12;/h3,6-7,10,12H,2,4-5,8-9,11H2,1H3,(H,18,21)(H3,17,19,20);1H. The maximum absolute atomic E-state index is 12.0. The van der Waals surface area contributed by atoms with Crippen LogP contribution in [-0.2, 0) is 0 Å². The normalized spacial score (nSPS) is 14.4. The van der Waals surface area contributed by atoms with Crippen molar-refractivity contribution < 1.29 is 9.53 Å². The summed E-state index contributed by atoms with van der Waals surface area (Å²) < 4.78 is 5.10. The Bertz CT molecular complexity index is 533. The highest BCUT2D eigenvalue weighted by Crippen LogP contribution is 2.26. The number of nitrogens with two attached hydrogens (primary N) is 1. The van der Waals surface area contributed by atoms with Crippen LogP contribution in [0.4, 0.5) is 0 Å². The summed E-state index contributed by atoms with van der Waals surface area (Å²) in [5.74, 6) is 1.68. The zero-order valence-corrected chi connectivity index (χ0v) is 15.7. The molecule has 0 spiro atoms. The van der Waals surface area contributed by atoms with Gasteiger partial charge >= 0.3 is 0 Å². The van der Waals surface area contributed by atoms with Gasteiger partial charge in [-0.05, 0) is 37.0 Å². The number of guanidine groups is 1. The van der Waals surface area contributed by atoms with Crippen LogP contribution in [0.5, 0.6) is 5.75 Å². The summed E-state index contributed by atoms with van der Waals surface area (Å²) in [6.07, 6.45) is 3.82. The minimum atomic E-state index is -0.134. The summed E-state index contributed by atoms with van der Waals surface area (Å²) in [7, 11) is 1.58. The lowest BCUT2D eigenvalue weighted by Crippen LogP contribution is -2.38. The Morgan fingerprint density at radius 2 is 2.09 bits per heavy atom. The van der Waals surface area contributed by atoms with Crippen molar-refractivity contribution in [2.75, 3.05) is 26.7 Å². The van der Waals surface area contributed by atoms with Crippen molar-refractivity contribution in [3.8, 4) is 5.75 Å². The van der Waals surface area contributed by atoms with E-state index in [1.54, 1.807) is 31.4 Å². The van der Waals surface area contributed by atoms with Crippen molar-refractivity contribution in [2.24, 2.45) is 16.6 Å². The lowest BCUT2D eigenvalue weighted by molar-refractivity contribution is 0.0954. The number of carbonyl (C=O) groups excluding carboxylic acids is 1. The Labute approximate surface area is 154 Å². The van der Waals surface area contributed by atoms with Crippen LogP contribution in [0.1, 0.15) is 29.6 Å². The minimum absolute atomic E-state index is 0. The molecular weight excluding hydrogens is 407 g/mol. The van der Waals surface area contributed by atoms with Crippen LogP contribution in [0, 0.1) is 5.92 Å². The third kappa shape index (κ3) is 6.64. The second-order valence-electron chi connectivity index (χ2n) is 5.44. The van der Waals surface area contributed by atoms with Gasteiger partial charge in [0.1, 0.15) is 5.75 Å². The highest BCUT2D eigenvalue weighted by Gasteiger charge is 2.16. The van der Waals surface area contributed by atoms with Gasteiger partial charge in [0.05, 0.1) is 7.11 Å². The molecule has 1 aromatic carbocycles. The van der Waals surface area contributed by atoms with Crippen LogP contribution in [0.2, 0.25) is 0 Å². The van der Waals surface area contributed by atoms with Crippen LogP contribution in [0.15, 0.2) is 29.3 Å². The first-order valence-electron chi connectivity index (χ1n) is 7.65. The summed E-state index contributed by atoms with van der Waals surface area (Å²) in [5, 5.41) is 5.83. The Hall–Kier alpha value is -1.51. The Morgan fingerprint density at radius 3 is 2.74 bits per heavy atom. The second-order valence-corrected chi connectivity index (χ2v) is 5.44. The molecule has 1 aromatic rings. The molecule has 4 N–H and O–H groups in total. The van der Waals surface area contributed by atoms with E-state index in [9.17, 15) is 4.79 Å². The molecule has 1 amide bonds. The first-order valence-corrected chi connectivity index (χ1v) is 7.65. The highest BCUT2D eigenvalue weighted by molar-refractivity contribution is 14.0. The number of benzene rings is 1. The number of ether oxygens (including phenoxy) is 1. The molecule has 128 valence electrons. The third-order valence-electron chi connectivity index (χ3n) is 3.79. The molecule has 1 saturated carbocycles. The molecule has 0 heterocycles. The molecule has 1 aliphatic carbocycles. The number of amides is 1. The van der Waals surface area contributed by atoms with Gasteiger partial charge in [0.2, 0.25) is 0 Å². The molecule has 0 unspecified atom stereocenters. The molecule has 7 heteroatoms. The van der Waals surface area contributed by atoms with Crippen molar-refractivity contribution in [3.63, 3.8) is 0 Å². The molecule has 1 fully saturated rings. The highest BCUT2D eigenvalue weighted by atomic mass is 127. The van der Waals surface area contributed by atoms with E-state index in [4.69, 9.17) is 10.5 Å². The van der Waals surface area contributed by atoms with Gasteiger partial charge < -0.3 is 21.1 Å². The van der Waals surface area contributed by atoms with E-state index in [0.29, 0.717) is 36.3 Å². The molecule has 0 atom stereocenters. The second kappa shape index (κ2) is 10.3. The van der Waals surface area contributed by atoms with Gasteiger partial charge in [-0.3, -0.25) is 9.79 Å². The van der Waals surface area contributed by atoms with Gasteiger partial charge in [0.15, 0.2) is 5.96 Å². The quantitative estimate of drug-likeness (QED) is 0.265. The number of nitrogens with one attached hydrogen (secondary N) is 2. The topological polar surface area (TPSA) is 88.7 Å². The smallest absolute Gasteiger partial charge is 0.251 e. The van der Waals surface area contributed by atoms with E-state index in [2.05, 4.69) is 15.6 Å². The monoisotopic (exact) mass is 432 g/mol. The molecule has 2 rings (SSSR count). The van der Waals surface area contributed by atoms with E-state index < -0.39 is 0 Å².